The van der Waals surface area contributed by atoms with E-state index in [0.29, 0.717) is 13.2 Å². The average Bonchev–Trinajstić information content (AvgIpc) is 2.47. The summed E-state index contributed by atoms with van der Waals surface area (Å²) in [5.41, 5.74) is 0.965. The van der Waals surface area contributed by atoms with Gasteiger partial charge in [-0.15, -0.1) is 0 Å². The Bertz CT molecular complexity index is 512. The number of halogens is 2. The summed E-state index contributed by atoms with van der Waals surface area (Å²) in [6, 6.07) is 4.34. The second kappa shape index (κ2) is 7.33. The lowest BCUT2D eigenvalue weighted by Gasteiger charge is -2.39. The molecule has 0 amide bonds. The zero-order valence-electron chi connectivity index (χ0n) is 12.2. The highest BCUT2D eigenvalue weighted by Gasteiger charge is 2.33. The normalized spacial score (nSPS) is 21.0. The van der Waals surface area contributed by atoms with Gasteiger partial charge in [-0.25, -0.2) is 4.39 Å². The van der Waals surface area contributed by atoms with Crippen LogP contribution in [0, 0.1) is 5.82 Å². The molecule has 1 heterocycles. The van der Waals surface area contributed by atoms with E-state index in [4.69, 9.17) is 4.74 Å². The number of nitrogens with zero attached hydrogens (tertiary/aromatic N) is 1. The van der Waals surface area contributed by atoms with Crippen LogP contribution < -0.4 is 5.32 Å². The van der Waals surface area contributed by atoms with Crippen LogP contribution >= 0.6 is 15.9 Å². The summed E-state index contributed by atoms with van der Waals surface area (Å²) in [5.74, 6) is -0.491. The topological polar surface area (TPSA) is 41.6 Å². The molecule has 1 aliphatic rings. The van der Waals surface area contributed by atoms with Crippen LogP contribution in [0.5, 0.6) is 0 Å². The fourth-order valence-electron chi connectivity index (χ4n) is 2.66. The number of hydrogen-bond donors (Lipinski definition) is 1. The number of esters is 1. The summed E-state index contributed by atoms with van der Waals surface area (Å²) in [7, 11) is 0. The standard InChI is InChI=1S/C15H20BrFN2O2/c1-3-21-15(20)14-9-18-6-7-19(14)10(2)12-5-4-11(17)8-13(12)16/h4-5,8,10,14,18H,3,6-7,9H2,1-2H3. The van der Waals surface area contributed by atoms with E-state index in [1.54, 1.807) is 13.0 Å². The minimum absolute atomic E-state index is 0.00326. The molecule has 1 aromatic rings. The highest BCUT2D eigenvalue weighted by molar-refractivity contribution is 9.10. The van der Waals surface area contributed by atoms with Crippen LogP contribution in [-0.4, -0.2) is 43.2 Å². The Morgan fingerprint density at radius 3 is 3.05 bits per heavy atom. The first-order valence-electron chi connectivity index (χ1n) is 7.12. The van der Waals surface area contributed by atoms with Crippen molar-refractivity contribution in [2.24, 2.45) is 0 Å². The summed E-state index contributed by atoms with van der Waals surface area (Å²) in [6.07, 6.45) is 0. The van der Waals surface area contributed by atoms with Crippen molar-refractivity contribution in [1.82, 2.24) is 10.2 Å². The zero-order chi connectivity index (χ0) is 15.4. The van der Waals surface area contributed by atoms with Gasteiger partial charge in [0, 0.05) is 30.1 Å². The van der Waals surface area contributed by atoms with Crippen LogP contribution in [0.25, 0.3) is 0 Å². The van der Waals surface area contributed by atoms with Gasteiger partial charge in [0.05, 0.1) is 6.61 Å². The van der Waals surface area contributed by atoms with Gasteiger partial charge < -0.3 is 10.1 Å². The van der Waals surface area contributed by atoms with Gasteiger partial charge in [-0.1, -0.05) is 22.0 Å². The van der Waals surface area contributed by atoms with Gasteiger partial charge in [-0.05, 0) is 31.5 Å². The Balaban J connectivity index is 2.21. The lowest BCUT2D eigenvalue weighted by molar-refractivity contribution is -0.151. The fraction of sp³-hybridized carbons (Fsp3) is 0.533. The first-order valence-corrected chi connectivity index (χ1v) is 7.92. The number of benzene rings is 1. The predicted octanol–water partition coefficient (Wildman–Crippen LogP) is 2.49. The molecule has 2 atom stereocenters. The van der Waals surface area contributed by atoms with Crippen LogP contribution in [0.4, 0.5) is 4.39 Å². The molecule has 1 saturated heterocycles. The van der Waals surface area contributed by atoms with Crippen molar-refractivity contribution >= 4 is 21.9 Å². The number of nitrogens with one attached hydrogen (secondary N) is 1. The number of hydrogen-bond acceptors (Lipinski definition) is 4. The highest BCUT2D eigenvalue weighted by Crippen LogP contribution is 2.30. The van der Waals surface area contributed by atoms with Crippen molar-refractivity contribution in [1.29, 1.82) is 0 Å². The highest BCUT2D eigenvalue weighted by atomic mass is 79.9. The molecule has 1 fully saturated rings. The quantitative estimate of drug-likeness (QED) is 0.839. The van der Waals surface area contributed by atoms with Crippen molar-refractivity contribution in [3.63, 3.8) is 0 Å². The smallest absolute Gasteiger partial charge is 0.324 e. The molecule has 2 rings (SSSR count). The number of carbonyl (C=O) groups is 1. The first-order chi connectivity index (χ1) is 10.0. The maximum atomic E-state index is 13.2. The lowest BCUT2D eigenvalue weighted by atomic mass is 10.0. The summed E-state index contributed by atoms with van der Waals surface area (Å²) in [6.45, 7) is 6.33. The Hall–Kier alpha value is -0.980. The van der Waals surface area contributed by atoms with E-state index < -0.39 is 0 Å². The molecule has 0 saturated carbocycles. The molecule has 4 nitrogen and oxygen atoms in total. The summed E-state index contributed by atoms with van der Waals surface area (Å²) >= 11 is 3.40. The van der Waals surface area contributed by atoms with Gasteiger partial charge in [-0.3, -0.25) is 9.69 Å². The van der Waals surface area contributed by atoms with E-state index in [2.05, 4.69) is 26.1 Å². The molecule has 0 spiro atoms. The largest absolute Gasteiger partial charge is 0.465 e. The third kappa shape index (κ3) is 3.81. The Labute approximate surface area is 132 Å². The second-order valence-corrected chi connectivity index (χ2v) is 5.91. The maximum Gasteiger partial charge on any atom is 0.324 e. The Morgan fingerprint density at radius 1 is 1.62 bits per heavy atom. The van der Waals surface area contributed by atoms with Crippen LogP contribution in [0.2, 0.25) is 0 Å². The summed E-state index contributed by atoms with van der Waals surface area (Å²) in [4.78, 5) is 14.2. The lowest BCUT2D eigenvalue weighted by Crippen LogP contribution is -2.56. The van der Waals surface area contributed by atoms with Gasteiger partial charge >= 0.3 is 5.97 Å². The SMILES string of the molecule is CCOC(=O)C1CNCCN1C(C)c1ccc(F)cc1Br. The molecule has 6 heteroatoms. The van der Waals surface area contributed by atoms with E-state index in [1.165, 1.54) is 12.1 Å². The Morgan fingerprint density at radius 2 is 2.38 bits per heavy atom. The molecular weight excluding hydrogens is 339 g/mol. The Kier molecular flexibility index (Phi) is 5.72. The summed E-state index contributed by atoms with van der Waals surface area (Å²) in [5, 5.41) is 3.22. The predicted molar refractivity (Wildman–Crippen MR) is 82.5 cm³/mol. The molecule has 0 aliphatic carbocycles. The van der Waals surface area contributed by atoms with E-state index in [9.17, 15) is 9.18 Å². The molecule has 21 heavy (non-hydrogen) atoms. The van der Waals surface area contributed by atoms with Gasteiger partial charge in [-0.2, -0.15) is 0 Å². The molecule has 116 valence electrons. The van der Waals surface area contributed by atoms with Crippen molar-refractivity contribution in [3.05, 3.63) is 34.1 Å². The van der Waals surface area contributed by atoms with Gasteiger partial charge in [0.2, 0.25) is 0 Å². The van der Waals surface area contributed by atoms with Crippen LogP contribution in [0.15, 0.2) is 22.7 Å². The number of piperazine rings is 1. The van der Waals surface area contributed by atoms with Crippen molar-refractivity contribution in [3.8, 4) is 0 Å². The third-order valence-corrected chi connectivity index (χ3v) is 4.44. The molecule has 1 aromatic carbocycles. The van der Waals surface area contributed by atoms with Crippen LogP contribution in [0.3, 0.4) is 0 Å². The minimum Gasteiger partial charge on any atom is -0.465 e. The molecule has 0 radical (unpaired) electrons. The molecule has 1 N–H and O–H groups in total. The minimum atomic E-state index is -0.314. The molecule has 0 aromatic heterocycles. The zero-order valence-corrected chi connectivity index (χ0v) is 13.8. The van der Waals surface area contributed by atoms with E-state index in [-0.39, 0.29) is 23.9 Å². The van der Waals surface area contributed by atoms with Gasteiger partial charge in [0.1, 0.15) is 11.9 Å². The van der Waals surface area contributed by atoms with Gasteiger partial charge in [0.25, 0.3) is 0 Å². The maximum absolute atomic E-state index is 13.2. The molecule has 1 aliphatic heterocycles. The monoisotopic (exact) mass is 358 g/mol. The van der Waals surface area contributed by atoms with Crippen molar-refractivity contribution in [2.75, 3.05) is 26.2 Å². The molecular formula is C15H20BrFN2O2. The fourth-order valence-corrected chi connectivity index (χ4v) is 3.34. The number of ether oxygens (including phenoxy) is 1. The van der Waals surface area contributed by atoms with Crippen molar-refractivity contribution in [2.45, 2.75) is 25.9 Å². The molecule has 2 unspecified atom stereocenters. The summed E-state index contributed by atoms with van der Waals surface area (Å²) < 4.78 is 19.1. The average molecular weight is 359 g/mol. The van der Waals surface area contributed by atoms with E-state index >= 15 is 0 Å². The second-order valence-electron chi connectivity index (χ2n) is 5.05. The number of carbonyl (C=O) groups excluding carboxylic acids is 1. The van der Waals surface area contributed by atoms with E-state index in [1.807, 2.05) is 6.92 Å². The van der Waals surface area contributed by atoms with Crippen LogP contribution in [-0.2, 0) is 9.53 Å². The first kappa shape index (κ1) is 16.4. The molecule has 0 bridgehead atoms. The van der Waals surface area contributed by atoms with E-state index in [0.717, 1.165) is 23.1 Å². The van der Waals surface area contributed by atoms with Gasteiger partial charge in [0.15, 0.2) is 0 Å². The number of rotatable bonds is 4. The third-order valence-electron chi connectivity index (χ3n) is 3.75. The van der Waals surface area contributed by atoms with Crippen LogP contribution in [0.1, 0.15) is 25.5 Å². The van der Waals surface area contributed by atoms with Crippen molar-refractivity contribution < 1.29 is 13.9 Å².